The largest absolute Gasteiger partial charge is 0.367 e. The van der Waals surface area contributed by atoms with E-state index < -0.39 is 0 Å². The Labute approximate surface area is 126 Å². The number of nitrogens with one attached hydrogen (secondary N) is 1. The Morgan fingerprint density at radius 3 is 2.95 bits per heavy atom. The molecule has 0 aliphatic carbocycles. The molecule has 1 aliphatic rings. The number of hydrogen-bond donors (Lipinski definition) is 1. The fourth-order valence-corrected chi connectivity index (χ4v) is 2.77. The summed E-state index contributed by atoms with van der Waals surface area (Å²) in [6, 6.07) is 11.2. The SMILES string of the molecule is CCC(C)Nc1ccnc(N2c3ccccc3CC2C)n1. The molecule has 0 spiro atoms. The van der Waals surface area contributed by atoms with E-state index >= 15 is 0 Å². The number of anilines is 3. The highest BCUT2D eigenvalue weighted by Gasteiger charge is 2.28. The van der Waals surface area contributed by atoms with E-state index in [0.717, 1.165) is 24.6 Å². The monoisotopic (exact) mass is 282 g/mol. The van der Waals surface area contributed by atoms with Crippen LogP contribution >= 0.6 is 0 Å². The minimum atomic E-state index is 0.390. The summed E-state index contributed by atoms with van der Waals surface area (Å²) in [5, 5.41) is 3.42. The molecule has 21 heavy (non-hydrogen) atoms. The molecule has 1 aromatic heterocycles. The minimum absolute atomic E-state index is 0.390. The third-order valence-electron chi connectivity index (χ3n) is 4.07. The van der Waals surface area contributed by atoms with Crippen molar-refractivity contribution in [3.05, 3.63) is 42.1 Å². The van der Waals surface area contributed by atoms with Crippen LogP contribution in [0, 0.1) is 0 Å². The molecule has 1 aliphatic heterocycles. The first kappa shape index (κ1) is 13.9. The van der Waals surface area contributed by atoms with E-state index in [1.807, 2.05) is 12.3 Å². The Kier molecular flexibility index (Phi) is 3.78. The second kappa shape index (κ2) is 5.72. The van der Waals surface area contributed by atoms with Crippen LogP contribution in [0.5, 0.6) is 0 Å². The molecular formula is C17H22N4. The summed E-state index contributed by atoms with van der Waals surface area (Å²) < 4.78 is 0. The van der Waals surface area contributed by atoms with Crippen molar-refractivity contribution in [2.75, 3.05) is 10.2 Å². The van der Waals surface area contributed by atoms with Crippen LogP contribution in [-0.4, -0.2) is 22.1 Å². The van der Waals surface area contributed by atoms with Gasteiger partial charge in [0, 0.05) is 24.0 Å². The third-order valence-corrected chi connectivity index (χ3v) is 4.07. The third kappa shape index (κ3) is 2.71. The normalized spacial score (nSPS) is 18.4. The molecule has 1 aromatic carbocycles. The molecule has 3 rings (SSSR count). The van der Waals surface area contributed by atoms with E-state index in [-0.39, 0.29) is 0 Å². The maximum atomic E-state index is 4.70. The quantitative estimate of drug-likeness (QED) is 0.926. The fourth-order valence-electron chi connectivity index (χ4n) is 2.77. The number of aromatic nitrogens is 2. The summed E-state index contributed by atoms with van der Waals surface area (Å²) >= 11 is 0. The summed E-state index contributed by atoms with van der Waals surface area (Å²) in [4.78, 5) is 11.4. The van der Waals surface area contributed by atoms with Crippen LogP contribution in [0.3, 0.4) is 0 Å². The van der Waals surface area contributed by atoms with Crippen molar-refractivity contribution in [3.8, 4) is 0 Å². The number of hydrogen-bond acceptors (Lipinski definition) is 4. The van der Waals surface area contributed by atoms with Crippen LogP contribution in [0.2, 0.25) is 0 Å². The van der Waals surface area contributed by atoms with Gasteiger partial charge in [-0.2, -0.15) is 4.98 Å². The molecule has 2 atom stereocenters. The van der Waals surface area contributed by atoms with Gasteiger partial charge in [0.25, 0.3) is 0 Å². The van der Waals surface area contributed by atoms with E-state index in [2.05, 4.69) is 60.2 Å². The van der Waals surface area contributed by atoms with Gasteiger partial charge in [-0.05, 0) is 44.4 Å². The molecule has 2 aromatic rings. The van der Waals surface area contributed by atoms with Crippen molar-refractivity contribution in [1.82, 2.24) is 9.97 Å². The molecule has 1 N–H and O–H groups in total. The highest BCUT2D eigenvalue weighted by molar-refractivity contribution is 5.67. The van der Waals surface area contributed by atoms with Crippen molar-refractivity contribution < 1.29 is 0 Å². The van der Waals surface area contributed by atoms with Crippen LogP contribution in [0.25, 0.3) is 0 Å². The van der Waals surface area contributed by atoms with Crippen molar-refractivity contribution >= 4 is 17.5 Å². The summed E-state index contributed by atoms with van der Waals surface area (Å²) in [5.41, 5.74) is 2.60. The van der Waals surface area contributed by atoms with Gasteiger partial charge in [0.1, 0.15) is 5.82 Å². The Morgan fingerprint density at radius 2 is 2.14 bits per heavy atom. The number of fused-ring (bicyclic) bond motifs is 1. The Balaban J connectivity index is 1.92. The first-order chi connectivity index (χ1) is 10.2. The zero-order valence-electron chi connectivity index (χ0n) is 12.9. The van der Waals surface area contributed by atoms with Crippen molar-refractivity contribution in [3.63, 3.8) is 0 Å². The minimum Gasteiger partial charge on any atom is -0.367 e. The molecule has 0 bridgehead atoms. The van der Waals surface area contributed by atoms with E-state index in [0.29, 0.717) is 12.1 Å². The molecular weight excluding hydrogens is 260 g/mol. The molecule has 0 fully saturated rings. The van der Waals surface area contributed by atoms with Gasteiger partial charge >= 0.3 is 0 Å². The number of nitrogens with zero attached hydrogens (tertiary/aromatic N) is 3. The predicted molar refractivity (Wildman–Crippen MR) is 87.2 cm³/mol. The van der Waals surface area contributed by atoms with Gasteiger partial charge in [-0.1, -0.05) is 25.1 Å². The average molecular weight is 282 g/mol. The van der Waals surface area contributed by atoms with Crippen LogP contribution in [0.4, 0.5) is 17.5 Å². The average Bonchev–Trinajstić information content (AvgIpc) is 2.83. The van der Waals surface area contributed by atoms with Gasteiger partial charge in [-0.15, -0.1) is 0 Å². The second-order valence-corrected chi connectivity index (χ2v) is 5.75. The summed E-state index contributed by atoms with van der Waals surface area (Å²) in [6.07, 6.45) is 3.95. The molecule has 0 saturated heterocycles. The lowest BCUT2D eigenvalue weighted by atomic mass is 10.1. The van der Waals surface area contributed by atoms with Gasteiger partial charge in [0.05, 0.1) is 0 Å². The van der Waals surface area contributed by atoms with E-state index in [4.69, 9.17) is 4.98 Å². The zero-order chi connectivity index (χ0) is 14.8. The Bertz CT molecular complexity index is 626. The maximum Gasteiger partial charge on any atom is 0.232 e. The lowest BCUT2D eigenvalue weighted by Crippen LogP contribution is -2.26. The van der Waals surface area contributed by atoms with Gasteiger partial charge in [0.15, 0.2) is 0 Å². The van der Waals surface area contributed by atoms with Crippen LogP contribution in [0.1, 0.15) is 32.8 Å². The molecule has 2 heterocycles. The second-order valence-electron chi connectivity index (χ2n) is 5.75. The van der Waals surface area contributed by atoms with Gasteiger partial charge in [-0.25, -0.2) is 4.98 Å². The van der Waals surface area contributed by atoms with E-state index in [9.17, 15) is 0 Å². The van der Waals surface area contributed by atoms with Gasteiger partial charge in [-0.3, -0.25) is 0 Å². The zero-order valence-corrected chi connectivity index (χ0v) is 12.9. The van der Waals surface area contributed by atoms with Crippen molar-refractivity contribution in [1.29, 1.82) is 0 Å². The smallest absolute Gasteiger partial charge is 0.232 e. The molecule has 0 radical (unpaired) electrons. The topological polar surface area (TPSA) is 41.1 Å². The molecule has 0 saturated carbocycles. The van der Waals surface area contributed by atoms with E-state index in [1.54, 1.807) is 0 Å². The van der Waals surface area contributed by atoms with Crippen molar-refractivity contribution in [2.45, 2.75) is 45.7 Å². The van der Waals surface area contributed by atoms with Crippen molar-refractivity contribution in [2.24, 2.45) is 0 Å². The molecule has 0 amide bonds. The number of benzene rings is 1. The Morgan fingerprint density at radius 1 is 1.33 bits per heavy atom. The Hall–Kier alpha value is -2.10. The summed E-state index contributed by atoms with van der Waals surface area (Å²) in [7, 11) is 0. The predicted octanol–water partition coefficient (Wildman–Crippen LogP) is 3.77. The highest BCUT2D eigenvalue weighted by atomic mass is 15.3. The summed E-state index contributed by atoms with van der Waals surface area (Å²) in [6.45, 7) is 6.55. The van der Waals surface area contributed by atoms with Crippen LogP contribution in [-0.2, 0) is 6.42 Å². The lowest BCUT2D eigenvalue weighted by Gasteiger charge is -2.23. The van der Waals surface area contributed by atoms with Crippen LogP contribution < -0.4 is 10.2 Å². The fraction of sp³-hybridized carbons (Fsp3) is 0.412. The molecule has 4 nitrogen and oxygen atoms in total. The highest BCUT2D eigenvalue weighted by Crippen LogP contribution is 2.36. The van der Waals surface area contributed by atoms with E-state index in [1.165, 1.54) is 11.3 Å². The standard InChI is InChI=1S/C17H22N4/c1-4-12(2)19-16-9-10-18-17(20-16)21-13(3)11-14-7-5-6-8-15(14)21/h5-10,12-13H,4,11H2,1-3H3,(H,18,19,20). The van der Waals surface area contributed by atoms with Gasteiger partial charge in [0.2, 0.25) is 5.95 Å². The summed E-state index contributed by atoms with van der Waals surface area (Å²) in [5.74, 6) is 1.67. The van der Waals surface area contributed by atoms with Gasteiger partial charge < -0.3 is 10.2 Å². The lowest BCUT2D eigenvalue weighted by molar-refractivity contribution is 0.733. The maximum absolute atomic E-state index is 4.70. The molecule has 2 unspecified atom stereocenters. The molecule has 4 heteroatoms. The first-order valence-electron chi connectivity index (χ1n) is 7.65. The van der Waals surface area contributed by atoms with Crippen LogP contribution in [0.15, 0.2) is 36.5 Å². The first-order valence-corrected chi connectivity index (χ1v) is 7.65. The molecule has 110 valence electrons. The number of para-hydroxylation sites is 1. The number of rotatable bonds is 4.